The molecule has 0 aliphatic carbocycles. The zero-order valence-corrected chi connectivity index (χ0v) is 16.1. The number of carbonyl (C=O) groups excluding carboxylic acids is 2. The molecular formula is C22H19F3N2O3. The van der Waals surface area contributed by atoms with E-state index < -0.39 is 30.2 Å². The molecule has 1 amide bonds. The van der Waals surface area contributed by atoms with E-state index in [9.17, 15) is 22.8 Å². The smallest absolute Gasteiger partial charge is 0.416 e. The van der Waals surface area contributed by atoms with Gasteiger partial charge in [0.05, 0.1) is 18.1 Å². The van der Waals surface area contributed by atoms with Gasteiger partial charge in [-0.25, -0.2) is 4.79 Å². The van der Waals surface area contributed by atoms with Crippen molar-refractivity contribution in [3.05, 3.63) is 71.3 Å². The number of benzene rings is 2. The van der Waals surface area contributed by atoms with Gasteiger partial charge >= 0.3 is 12.1 Å². The summed E-state index contributed by atoms with van der Waals surface area (Å²) in [6.07, 6.45) is -2.00. The summed E-state index contributed by atoms with van der Waals surface area (Å²) < 4.78 is 42.6. The number of aryl methyl sites for hydroxylation is 1. The number of nitrogens with zero attached hydrogens (tertiary/aromatic N) is 2. The maximum absolute atomic E-state index is 12.5. The largest absolute Gasteiger partial charge is 0.452 e. The summed E-state index contributed by atoms with van der Waals surface area (Å²) in [5.74, 6) is -1.31. The Morgan fingerprint density at radius 3 is 2.30 bits per heavy atom. The Bertz CT molecular complexity index is 944. The van der Waals surface area contributed by atoms with Gasteiger partial charge in [-0.15, -0.1) is 0 Å². The molecule has 0 spiro atoms. The first-order valence-corrected chi connectivity index (χ1v) is 8.97. The van der Waals surface area contributed by atoms with Crippen molar-refractivity contribution in [1.82, 2.24) is 0 Å². The fraction of sp³-hybridized carbons (Fsp3) is 0.227. The highest BCUT2D eigenvalue weighted by Crippen LogP contribution is 2.29. The fourth-order valence-electron chi connectivity index (χ4n) is 2.49. The minimum absolute atomic E-state index is 0.112. The minimum atomic E-state index is -4.43. The average Bonchev–Trinajstić information content (AvgIpc) is 2.72. The first-order chi connectivity index (χ1) is 14.2. The quantitative estimate of drug-likeness (QED) is 0.492. The summed E-state index contributed by atoms with van der Waals surface area (Å²) in [6, 6.07) is 13.3. The van der Waals surface area contributed by atoms with Crippen LogP contribution in [0.25, 0.3) is 6.08 Å². The monoisotopic (exact) mass is 416 g/mol. The van der Waals surface area contributed by atoms with Crippen LogP contribution in [0, 0.1) is 18.3 Å². The van der Waals surface area contributed by atoms with E-state index in [1.165, 1.54) is 23.1 Å². The van der Waals surface area contributed by atoms with Crippen molar-refractivity contribution >= 4 is 23.6 Å². The summed E-state index contributed by atoms with van der Waals surface area (Å²) in [6.45, 7) is 1.52. The maximum atomic E-state index is 12.5. The zero-order chi connectivity index (χ0) is 22.1. The Balaban J connectivity index is 1.95. The molecule has 0 unspecified atom stereocenters. The topological polar surface area (TPSA) is 70.4 Å². The summed E-state index contributed by atoms with van der Waals surface area (Å²) >= 11 is 0. The number of carbonyl (C=O) groups is 2. The molecule has 0 N–H and O–H groups in total. The lowest BCUT2D eigenvalue weighted by atomic mass is 10.1. The molecule has 2 rings (SSSR count). The van der Waals surface area contributed by atoms with Crippen LogP contribution in [0.1, 0.15) is 23.1 Å². The third kappa shape index (κ3) is 6.78. The highest BCUT2D eigenvalue weighted by molar-refractivity contribution is 5.96. The van der Waals surface area contributed by atoms with Crippen LogP contribution in [0.5, 0.6) is 0 Å². The van der Waals surface area contributed by atoms with E-state index in [-0.39, 0.29) is 13.0 Å². The van der Waals surface area contributed by atoms with Crippen LogP contribution in [0.2, 0.25) is 0 Å². The van der Waals surface area contributed by atoms with E-state index in [2.05, 4.69) is 0 Å². The van der Waals surface area contributed by atoms with Gasteiger partial charge in [-0.05, 0) is 42.8 Å². The Kier molecular flexibility index (Phi) is 7.76. The number of esters is 1. The van der Waals surface area contributed by atoms with E-state index in [1.54, 1.807) is 12.1 Å². The normalized spacial score (nSPS) is 11.2. The van der Waals surface area contributed by atoms with Gasteiger partial charge in [-0.1, -0.05) is 29.8 Å². The van der Waals surface area contributed by atoms with Gasteiger partial charge in [0.25, 0.3) is 5.91 Å². The van der Waals surface area contributed by atoms with Crippen LogP contribution in [0.4, 0.5) is 18.9 Å². The van der Waals surface area contributed by atoms with Gasteiger partial charge in [0.1, 0.15) is 0 Å². The van der Waals surface area contributed by atoms with Crippen LogP contribution in [-0.2, 0) is 20.5 Å². The molecule has 2 aromatic rings. The molecule has 0 aromatic heterocycles. The molecule has 0 bridgehead atoms. The Labute approximate surface area is 172 Å². The van der Waals surface area contributed by atoms with Gasteiger partial charge in [0.15, 0.2) is 6.61 Å². The highest BCUT2D eigenvalue weighted by atomic mass is 19.4. The van der Waals surface area contributed by atoms with Crippen molar-refractivity contribution in [1.29, 1.82) is 5.26 Å². The van der Waals surface area contributed by atoms with E-state index in [0.717, 1.165) is 23.8 Å². The third-order valence-corrected chi connectivity index (χ3v) is 4.08. The van der Waals surface area contributed by atoms with Gasteiger partial charge in [-0.3, -0.25) is 4.79 Å². The van der Waals surface area contributed by atoms with Gasteiger partial charge < -0.3 is 9.64 Å². The third-order valence-electron chi connectivity index (χ3n) is 4.08. The maximum Gasteiger partial charge on any atom is 0.416 e. The highest BCUT2D eigenvalue weighted by Gasteiger charge is 2.29. The lowest BCUT2D eigenvalue weighted by Crippen LogP contribution is -2.35. The van der Waals surface area contributed by atoms with Crippen LogP contribution in [0.15, 0.2) is 54.6 Å². The predicted octanol–water partition coefficient (Wildman–Crippen LogP) is 4.52. The van der Waals surface area contributed by atoms with E-state index >= 15 is 0 Å². The molecule has 5 nitrogen and oxygen atoms in total. The van der Waals surface area contributed by atoms with E-state index in [1.807, 2.05) is 25.1 Å². The van der Waals surface area contributed by atoms with Crippen molar-refractivity contribution in [2.45, 2.75) is 19.5 Å². The first-order valence-electron chi connectivity index (χ1n) is 8.97. The molecule has 156 valence electrons. The molecule has 30 heavy (non-hydrogen) atoms. The lowest BCUT2D eigenvalue weighted by molar-refractivity contribution is -0.142. The Morgan fingerprint density at radius 1 is 1.10 bits per heavy atom. The molecule has 0 fully saturated rings. The second kappa shape index (κ2) is 10.3. The molecular weight excluding hydrogens is 397 g/mol. The molecule has 0 saturated carbocycles. The van der Waals surface area contributed by atoms with Crippen LogP contribution in [0.3, 0.4) is 0 Å². The fourth-order valence-corrected chi connectivity index (χ4v) is 2.49. The second-order valence-electron chi connectivity index (χ2n) is 6.35. The Morgan fingerprint density at radius 2 is 1.73 bits per heavy atom. The number of hydrogen-bond acceptors (Lipinski definition) is 4. The van der Waals surface area contributed by atoms with Crippen LogP contribution in [-0.4, -0.2) is 25.0 Å². The molecule has 0 radical (unpaired) electrons. The number of hydrogen-bond donors (Lipinski definition) is 0. The summed E-state index contributed by atoms with van der Waals surface area (Å²) in [4.78, 5) is 25.7. The predicted molar refractivity (Wildman–Crippen MR) is 105 cm³/mol. The van der Waals surface area contributed by atoms with Crippen LogP contribution < -0.4 is 4.90 Å². The number of nitriles is 1. The number of anilines is 1. The summed E-state index contributed by atoms with van der Waals surface area (Å²) in [5.41, 5.74) is 1.17. The van der Waals surface area contributed by atoms with Gasteiger partial charge in [0, 0.05) is 18.3 Å². The van der Waals surface area contributed by atoms with E-state index in [4.69, 9.17) is 10.00 Å². The molecule has 8 heteroatoms. The summed E-state index contributed by atoms with van der Waals surface area (Å²) in [5, 5.41) is 8.80. The number of ether oxygens (including phenoxy) is 1. The SMILES string of the molecule is Cc1ccc(N(CCC#N)C(=O)COC(=O)/C=C/c2ccc(C(F)(F)F)cc2)cc1. The standard InChI is InChI=1S/C22H19F3N2O3/c1-16-3-10-19(11-4-16)27(14-2-13-26)20(28)15-30-21(29)12-7-17-5-8-18(9-6-17)22(23,24)25/h3-12H,2,14-15H2,1H3/b12-7+. The molecule has 0 aliphatic heterocycles. The second-order valence-corrected chi connectivity index (χ2v) is 6.35. The zero-order valence-electron chi connectivity index (χ0n) is 16.1. The van der Waals surface area contributed by atoms with Crippen molar-refractivity contribution < 1.29 is 27.5 Å². The molecule has 0 atom stereocenters. The number of rotatable bonds is 7. The number of alkyl halides is 3. The minimum Gasteiger partial charge on any atom is -0.452 e. The number of halogens is 3. The average molecular weight is 416 g/mol. The molecule has 0 heterocycles. The molecule has 0 aliphatic rings. The van der Waals surface area contributed by atoms with Crippen molar-refractivity contribution in [2.75, 3.05) is 18.1 Å². The van der Waals surface area contributed by atoms with Crippen molar-refractivity contribution in [2.24, 2.45) is 0 Å². The van der Waals surface area contributed by atoms with Gasteiger partial charge in [0.2, 0.25) is 0 Å². The Hall–Kier alpha value is -3.60. The summed E-state index contributed by atoms with van der Waals surface area (Å²) in [7, 11) is 0. The van der Waals surface area contributed by atoms with E-state index in [0.29, 0.717) is 11.3 Å². The first kappa shape index (κ1) is 22.7. The van der Waals surface area contributed by atoms with Crippen molar-refractivity contribution in [3.63, 3.8) is 0 Å². The van der Waals surface area contributed by atoms with Gasteiger partial charge in [-0.2, -0.15) is 18.4 Å². The lowest BCUT2D eigenvalue weighted by Gasteiger charge is -2.21. The molecule has 0 saturated heterocycles. The number of amides is 1. The molecule has 2 aromatic carbocycles. The van der Waals surface area contributed by atoms with Crippen molar-refractivity contribution in [3.8, 4) is 6.07 Å². The van der Waals surface area contributed by atoms with Crippen LogP contribution >= 0.6 is 0 Å².